The van der Waals surface area contributed by atoms with Gasteiger partial charge in [-0.3, -0.25) is 4.79 Å². The molecule has 0 aromatic heterocycles. The van der Waals surface area contributed by atoms with Gasteiger partial charge in [0, 0.05) is 5.56 Å². The van der Waals surface area contributed by atoms with Gasteiger partial charge in [0.25, 0.3) is 0 Å². The lowest BCUT2D eigenvalue weighted by molar-refractivity contribution is -0.138. The standard InChI is InChI=1S/C10H10F3NO2/c1-5-3-6(9(14)15)4-7(8(5)16-2)10(11,12)13/h3-4H,1-2H3,(H2,14,15). The van der Waals surface area contributed by atoms with Crippen molar-refractivity contribution < 1.29 is 22.7 Å². The summed E-state index contributed by atoms with van der Waals surface area (Å²) in [6.45, 7) is 1.42. The van der Waals surface area contributed by atoms with Gasteiger partial charge in [-0.05, 0) is 24.6 Å². The van der Waals surface area contributed by atoms with E-state index in [1.165, 1.54) is 13.0 Å². The highest BCUT2D eigenvalue weighted by Crippen LogP contribution is 2.38. The zero-order valence-electron chi connectivity index (χ0n) is 8.68. The molecule has 0 atom stereocenters. The van der Waals surface area contributed by atoms with E-state index in [1.807, 2.05) is 0 Å². The number of ether oxygens (including phenoxy) is 1. The lowest BCUT2D eigenvalue weighted by atomic mass is 10.0. The van der Waals surface area contributed by atoms with Gasteiger partial charge in [-0.25, -0.2) is 0 Å². The maximum absolute atomic E-state index is 12.6. The number of carbonyl (C=O) groups is 1. The van der Waals surface area contributed by atoms with Crippen LogP contribution in [0.25, 0.3) is 0 Å². The molecule has 1 rings (SSSR count). The average molecular weight is 233 g/mol. The Morgan fingerprint density at radius 1 is 1.38 bits per heavy atom. The lowest BCUT2D eigenvalue weighted by Gasteiger charge is -2.15. The fourth-order valence-electron chi connectivity index (χ4n) is 1.40. The van der Waals surface area contributed by atoms with Crippen LogP contribution in [0, 0.1) is 6.92 Å². The first-order valence-electron chi connectivity index (χ1n) is 4.33. The van der Waals surface area contributed by atoms with Crippen LogP contribution in [0.2, 0.25) is 0 Å². The van der Waals surface area contributed by atoms with Gasteiger partial charge in [-0.15, -0.1) is 0 Å². The summed E-state index contributed by atoms with van der Waals surface area (Å²) in [7, 11) is 1.14. The van der Waals surface area contributed by atoms with E-state index in [0.717, 1.165) is 7.11 Å². The molecule has 3 nitrogen and oxygen atoms in total. The van der Waals surface area contributed by atoms with E-state index >= 15 is 0 Å². The number of nitrogens with two attached hydrogens (primary N) is 1. The highest BCUT2D eigenvalue weighted by molar-refractivity contribution is 5.93. The second-order valence-electron chi connectivity index (χ2n) is 3.24. The van der Waals surface area contributed by atoms with Crippen LogP contribution in [0.4, 0.5) is 13.2 Å². The summed E-state index contributed by atoms with van der Waals surface area (Å²) < 4.78 is 42.5. The quantitative estimate of drug-likeness (QED) is 0.850. The molecule has 1 aromatic carbocycles. The van der Waals surface area contributed by atoms with E-state index in [9.17, 15) is 18.0 Å². The Hall–Kier alpha value is -1.72. The zero-order valence-corrected chi connectivity index (χ0v) is 8.68. The normalized spacial score (nSPS) is 11.3. The van der Waals surface area contributed by atoms with Crippen LogP contribution in [0.1, 0.15) is 21.5 Å². The van der Waals surface area contributed by atoms with E-state index in [-0.39, 0.29) is 16.9 Å². The van der Waals surface area contributed by atoms with Gasteiger partial charge >= 0.3 is 6.18 Å². The highest BCUT2D eigenvalue weighted by atomic mass is 19.4. The fraction of sp³-hybridized carbons (Fsp3) is 0.300. The van der Waals surface area contributed by atoms with Gasteiger partial charge in [0.15, 0.2) is 0 Å². The van der Waals surface area contributed by atoms with Crippen LogP contribution in [-0.4, -0.2) is 13.0 Å². The Morgan fingerprint density at radius 3 is 2.31 bits per heavy atom. The Kier molecular flexibility index (Phi) is 3.11. The van der Waals surface area contributed by atoms with Crippen molar-refractivity contribution in [2.75, 3.05) is 7.11 Å². The first-order valence-corrected chi connectivity index (χ1v) is 4.33. The Labute approximate surface area is 90.0 Å². The molecular formula is C10H10F3NO2. The minimum atomic E-state index is -4.58. The molecule has 0 radical (unpaired) electrons. The molecule has 88 valence electrons. The number of hydrogen-bond donors (Lipinski definition) is 1. The predicted molar refractivity (Wildman–Crippen MR) is 51.3 cm³/mol. The molecule has 0 saturated heterocycles. The van der Waals surface area contributed by atoms with Gasteiger partial charge in [0.1, 0.15) is 5.75 Å². The van der Waals surface area contributed by atoms with Crippen molar-refractivity contribution >= 4 is 5.91 Å². The van der Waals surface area contributed by atoms with Gasteiger partial charge in [0.05, 0.1) is 12.7 Å². The number of rotatable bonds is 2. The van der Waals surface area contributed by atoms with Crippen molar-refractivity contribution in [1.29, 1.82) is 0 Å². The van der Waals surface area contributed by atoms with Crippen LogP contribution in [0.5, 0.6) is 5.75 Å². The number of alkyl halides is 3. The molecular weight excluding hydrogens is 223 g/mol. The molecule has 0 heterocycles. The van der Waals surface area contributed by atoms with E-state index in [2.05, 4.69) is 4.74 Å². The van der Waals surface area contributed by atoms with Gasteiger partial charge < -0.3 is 10.5 Å². The zero-order chi connectivity index (χ0) is 12.5. The maximum Gasteiger partial charge on any atom is 0.419 e. The molecule has 1 amide bonds. The number of halogens is 3. The smallest absolute Gasteiger partial charge is 0.419 e. The number of aryl methyl sites for hydroxylation is 1. The van der Waals surface area contributed by atoms with E-state index in [1.54, 1.807) is 0 Å². The summed E-state index contributed by atoms with van der Waals surface area (Å²) in [5.74, 6) is -1.20. The molecule has 0 spiro atoms. The van der Waals surface area contributed by atoms with Crippen molar-refractivity contribution in [3.05, 3.63) is 28.8 Å². The average Bonchev–Trinajstić information content (AvgIpc) is 2.14. The third-order valence-corrected chi connectivity index (χ3v) is 2.07. The first kappa shape index (κ1) is 12.4. The molecule has 0 saturated carbocycles. The number of benzene rings is 1. The molecule has 0 aliphatic rings. The number of methoxy groups -OCH3 is 1. The third-order valence-electron chi connectivity index (χ3n) is 2.07. The summed E-state index contributed by atoms with van der Waals surface area (Å²) in [6, 6.07) is 1.95. The van der Waals surface area contributed by atoms with E-state index < -0.39 is 17.6 Å². The molecule has 0 aliphatic carbocycles. The van der Waals surface area contributed by atoms with Crippen molar-refractivity contribution in [3.8, 4) is 5.75 Å². The topological polar surface area (TPSA) is 52.3 Å². The molecule has 16 heavy (non-hydrogen) atoms. The summed E-state index contributed by atoms with van der Waals surface area (Å²) in [6.07, 6.45) is -4.58. The SMILES string of the molecule is COc1c(C)cc(C(N)=O)cc1C(F)(F)F. The lowest BCUT2D eigenvalue weighted by Crippen LogP contribution is -2.15. The van der Waals surface area contributed by atoms with Gasteiger partial charge in [-0.1, -0.05) is 0 Å². The highest BCUT2D eigenvalue weighted by Gasteiger charge is 2.35. The fourth-order valence-corrected chi connectivity index (χ4v) is 1.40. The van der Waals surface area contributed by atoms with Crippen LogP contribution >= 0.6 is 0 Å². The Balaban J connectivity index is 3.49. The second-order valence-corrected chi connectivity index (χ2v) is 3.24. The molecule has 0 aliphatic heterocycles. The minimum Gasteiger partial charge on any atom is -0.496 e. The third kappa shape index (κ3) is 2.26. The van der Waals surface area contributed by atoms with Crippen LogP contribution in [0.3, 0.4) is 0 Å². The van der Waals surface area contributed by atoms with E-state index in [0.29, 0.717) is 6.07 Å². The van der Waals surface area contributed by atoms with Gasteiger partial charge in [0.2, 0.25) is 5.91 Å². The number of amides is 1. The van der Waals surface area contributed by atoms with E-state index in [4.69, 9.17) is 5.73 Å². The Bertz CT molecular complexity index is 427. The van der Waals surface area contributed by atoms with Crippen LogP contribution in [-0.2, 0) is 6.18 Å². The second kappa shape index (κ2) is 4.03. The maximum atomic E-state index is 12.6. The summed E-state index contributed by atoms with van der Waals surface area (Å²) >= 11 is 0. The molecule has 0 fully saturated rings. The number of carbonyl (C=O) groups excluding carboxylic acids is 1. The molecule has 1 aromatic rings. The van der Waals surface area contributed by atoms with Crippen LogP contribution < -0.4 is 10.5 Å². The molecule has 2 N–H and O–H groups in total. The number of hydrogen-bond acceptors (Lipinski definition) is 2. The first-order chi connectivity index (χ1) is 7.27. The minimum absolute atomic E-state index is 0.189. The summed E-state index contributed by atoms with van der Waals surface area (Å²) in [4.78, 5) is 10.8. The predicted octanol–water partition coefficient (Wildman–Crippen LogP) is 2.12. The van der Waals surface area contributed by atoms with Gasteiger partial charge in [-0.2, -0.15) is 13.2 Å². The Morgan fingerprint density at radius 2 is 1.94 bits per heavy atom. The summed E-state index contributed by atoms with van der Waals surface area (Å²) in [5.41, 5.74) is 3.97. The number of primary amides is 1. The van der Waals surface area contributed by atoms with Crippen molar-refractivity contribution in [1.82, 2.24) is 0 Å². The van der Waals surface area contributed by atoms with Crippen LogP contribution in [0.15, 0.2) is 12.1 Å². The van der Waals surface area contributed by atoms with Crippen molar-refractivity contribution in [2.24, 2.45) is 5.73 Å². The van der Waals surface area contributed by atoms with Crippen molar-refractivity contribution in [3.63, 3.8) is 0 Å². The molecule has 0 unspecified atom stereocenters. The monoisotopic (exact) mass is 233 g/mol. The molecule has 0 bridgehead atoms. The molecule has 6 heteroatoms. The summed E-state index contributed by atoms with van der Waals surface area (Å²) in [5, 5.41) is 0. The largest absolute Gasteiger partial charge is 0.496 e. The van der Waals surface area contributed by atoms with Crippen molar-refractivity contribution in [2.45, 2.75) is 13.1 Å².